The largest absolute Gasteiger partial charge is 0.388 e. The Morgan fingerprint density at radius 1 is 1.47 bits per heavy atom. The lowest BCUT2D eigenvalue weighted by Crippen LogP contribution is -2.05. The third-order valence-corrected chi connectivity index (χ3v) is 3.13. The summed E-state index contributed by atoms with van der Waals surface area (Å²) >= 11 is 3.44. The Kier molecular flexibility index (Phi) is 3.54. The van der Waals surface area contributed by atoms with E-state index in [2.05, 4.69) is 31.3 Å². The number of tetrazole rings is 1. The minimum atomic E-state index is -0.630. The molecule has 17 heavy (non-hydrogen) atoms. The van der Waals surface area contributed by atoms with Crippen molar-refractivity contribution in [3.8, 4) is 0 Å². The van der Waals surface area contributed by atoms with Crippen LogP contribution in [0.25, 0.3) is 0 Å². The van der Waals surface area contributed by atoms with Gasteiger partial charge in [0.1, 0.15) is 0 Å². The van der Waals surface area contributed by atoms with E-state index in [1.165, 1.54) is 4.80 Å². The molecule has 1 aromatic carbocycles. The van der Waals surface area contributed by atoms with E-state index in [9.17, 15) is 5.11 Å². The summed E-state index contributed by atoms with van der Waals surface area (Å²) in [5, 5.41) is 21.7. The molecule has 2 aromatic rings. The van der Waals surface area contributed by atoms with Crippen LogP contribution in [0.3, 0.4) is 0 Å². The van der Waals surface area contributed by atoms with Crippen LogP contribution in [0.2, 0.25) is 0 Å². The third kappa shape index (κ3) is 2.89. The van der Waals surface area contributed by atoms with Crippen molar-refractivity contribution in [3.63, 3.8) is 0 Å². The monoisotopic (exact) mass is 296 g/mol. The fourth-order valence-corrected chi connectivity index (χ4v) is 2.35. The number of nitrogens with zero attached hydrogens (tertiary/aromatic N) is 4. The van der Waals surface area contributed by atoms with Gasteiger partial charge in [-0.3, -0.25) is 0 Å². The van der Waals surface area contributed by atoms with Gasteiger partial charge in [-0.15, -0.1) is 10.2 Å². The minimum absolute atomic E-state index is 0.357. The Morgan fingerprint density at radius 3 is 2.82 bits per heavy atom. The zero-order valence-electron chi connectivity index (χ0n) is 9.63. The second-order valence-corrected chi connectivity index (χ2v) is 4.79. The number of aliphatic hydroxyl groups excluding tert-OH is 1. The van der Waals surface area contributed by atoms with E-state index in [1.54, 1.807) is 7.05 Å². The van der Waals surface area contributed by atoms with Gasteiger partial charge in [0.05, 0.1) is 13.2 Å². The van der Waals surface area contributed by atoms with Crippen LogP contribution in [0.1, 0.15) is 23.1 Å². The standard InChI is InChI=1S/C11H13BrN4O/c1-7-3-4-8(9(12)5-7)10(17)6-11-13-15-16(2)14-11/h3-5,10,17H,6H2,1-2H3. The lowest BCUT2D eigenvalue weighted by molar-refractivity contribution is 0.175. The topological polar surface area (TPSA) is 63.8 Å². The molecule has 1 atom stereocenters. The molecule has 1 aromatic heterocycles. The molecule has 90 valence electrons. The Labute approximate surface area is 108 Å². The number of halogens is 1. The SMILES string of the molecule is Cc1ccc(C(O)Cc2nnn(C)n2)c(Br)c1. The van der Waals surface area contributed by atoms with E-state index in [1.807, 2.05) is 25.1 Å². The zero-order valence-corrected chi connectivity index (χ0v) is 11.2. The normalized spacial score (nSPS) is 12.7. The van der Waals surface area contributed by atoms with E-state index in [4.69, 9.17) is 0 Å². The van der Waals surface area contributed by atoms with Crippen LogP contribution in [0, 0.1) is 6.92 Å². The van der Waals surface area contributed by atoms with Crippen LogP contribution in [-0.2, 0) is 13.5 Å². The summed E-state index contributed by atoms with van der Waals surface area (Å²) in [7, 11) is 1.70. The first-order valence-electron chi connectivity index (χ1n) is 5.23. The van der Waals surface area contributed by atoms with E-state index in [0.717, 1.165) is 15.6 Å². The van der Waals surface area contributed by atoms with E-state index in [0.29, 0.717) is 12.2 Å². The average molecular weight is 297 g/mol. The Balaban J connectivity index is 2.17. The highest BCUT2D eigenvalue weighted by molar-refractivity contribution is 9.10. The summed E-state index contributed by atoms with van der Waals surface area (Å²) in [6.45, 7) is 2.01. The minimum Gasteiger partial charge on any atom is -0.388 e. The van der Waals surface area contributed by atoms with Crippen molar-refractivity contribution in [2.75, 3.05) is 0 Å². The Morgan fingerprint density at radius 2 is 2.24 bits per heavy atom. The molecule has 1 heterocycles. The Hall–Kier alpha value is -1.27. The molecule has 2 rings (SSSR count). The lowest BCUT2D eigenvalue weighted by atomic mass is 10.0. The molecule has 5 nitrogen and oxygen atoms in total. The van der Waals surface area contributed by atoms with Crippen LogP contribution in [-0.4, -0.2) is 25.3 Å². The van der Waals surface area contributed by atoms with Gasteiger partial charge < -0.3 is 5.11 Å². The molecule has 0 aliphatic heterocycles. The van der Waals surface area contributed by atoms with Crippen LogP contribution >= 0.6 is 15.9 Å². The molecule has 0 aliphatic carbocycles. The van der Waals surface area contributed by atoms with Crippen LogP contribution < -0.4 is 0 Å². The maximum atomic E-state index is 10.1. The summed E-state index contributed by atoms with van der Waals surface area (Å²) in [5.41, 5.74) is 1.98. The predicted molar refractivity (Wildman–Crippen MR) is 66.3 cm³/mol. The maximum absolute atomic E-state index is 10.1. The van der Waals surface area contributed by atoms with Crippen LogP contribution in [0.15, 0.2) is 22.7 Å². The van der Waals surface area contributed by atoms with Crippen molar-refractivity contribution in [3.05, 3.63) is 39.6 Å². The van der Waals surface area contributed by atoms with Crippen molar-refractivity contribution >= 4 is 15.9 Å². The first kappa shape index (κ1) is 12.2. The zero-order chi connectivity index (χ0) is 12.4. The fraction of sp³-hybridized carbons (Fsp3) is 0.364. The predicted octanol–water partition coefficient (Wildman–Crippen LogP) is 1.56. The molecule has 6 heteroatoms. The molecule has 0 amide bonds. The number of aromatic nitrogens is 4. The van der Waals surface area contributed by atoms with E-state index < -0.39 is 6.10 Å². The van der Waals surface area contributed by atoms with Gasteiger partial charge in [-0.1, -0.05) is 28.1 Å². The van der Waals surface area contributed by atoms with E-state index in [-0.39, 0.29) is 0 Å². The average Bonchev–Trinajstić information content (AvgIpc) is 2.63. The highest BCUT2D eigenvalue weighted by atomic mass is 79.9. The summed E-state index contributed by atoms with van der Waals surface area (Å²) in [6, 6.07) is 5.84. The molecule has 0 aliphatic rings. The second kappa shape index (κ2) is 4.93. The van der Waals surface area contributed by atoms with Crippen LogP contribution in [0.5, 0.6) is 0 Å². The summed E-state index contributed by atoms with van der Waals surface area (Å²) in [6.07, 6.45) is -0.274. The molecule has 0 fully saturated rings. The molecule has 0 saturated carbocycles. The maximum Gasteiger partial charge on any atom is 0.177 e. The van der Waals surface area contributed by atoms with Gasteiger partial charge in [-0.05, 0) is 29.3 Å². The molecular weight excluding hydrogens is 284 g/mol. The van der Waals surface area contributed by atoms with Gasteiger partial charge in [-0.25, -0.2) is 0 Å². The van der Waals surface area contributed by atoms with Crippen molar-refractivity contribution in [1.82, 2.24) is 20.2 Å². The van der Waals surface area contributed by atoms with Gasteiger partial charge in [0, 0.05) is 10.9 Å². The van der Waals surface area contributed by atoms with Crippen molar-refractivity contribution in [2.24, 2.45) is 7.05 Å². The molecule has 0 radical (unpaired) electrons. The fourth-order valence-electron chi connectivity index (χ4n) is 1.59. The van der Waals surface area contributed by atoms with Crippen molar-refractivity contribution in [2.45, 2.75) is 19.4 Å². The summed E-state index contributed by atoms with van der Waals surface area (Å²) in [5.74, 6) is 0.535. The molecule has 1 N–H and O–H groups in total. The smallest absolute Gasteiger partial charge is 0.177 e. The molecular formula is C11H13BrN4O. The molecule has 0 saturated heterocycles. The van der Waals surface area contributed by atoms with Crippen molar-refractivity contribution in [1.29, 1.82) is 0 Å². The van der Waals surface area contributed by atoms with Gasteiger partial charge in [-0.2, -0.15) is 4.80 Å². The van der Waals surface area contributed by atoms with Gasteiger partial charge >= 0.3 is 0 Å². The third-order valence-electron chi connectivity index (χ3n) is 2.44. The van der Waals surface area contributed by atoms with Crippen LogP contribution in [0.4, 0.5) is 0 Å². The summed E-state index contributed by atoms with van der Waals surface area (Å²) < 4.78 is 0.897. The first-order valence-corrected chi connectivity index (χ1v) is 6.02. The number of hydrogen-bond donors (Lipinski definition) is 1. The highest BCUT2D eigenvalue weighted by Crippen LogP contribution is 2.26. The molecule has 1 unspecified atom stereocenters. The lowest BCUT2D eigenvalue weighted by Gasteiger charge is -2.11. The number of aliphatic hydroxyl groups is 1. The number of benzene rings is 1. The quantitative estimate of drug-likeness (QED) is 0.933. The number of hydrogen-bond acceptors (Lipinski definition) is 4. The summed E-state index contributed by atoms with van der Waals surface area (Å²) in [4.78, 5) is 1.38. The van der Waals surface area contributed by atoms with Gasteiger partial charge in [0.2, 0.25) is 0 Å². The Bertz CT molecular complexity index is 526. The number of rotatable bonds is 3. The molecule has 0 spiro atoms. The number of aryl methyl sites for hydroxylation is 2. The van der Waals surface area contributed by atoms with Gasteiger partial charge in [0.25, 0.3) is 0 Å². The molecule has 0 bridgehead atoms. The second-order valence-electron chi connectivity index (χ2n) is 3.94. The van der Waals surface area contributed by atoms with Crippen molar-refractivity contribution < 1.29 is 5.11 Å². The first-order chi connectivity index (χ1) is 8.06. The van der Waals surface area contributed by atoms with E-state index >= 15 is 0 Å². The van der Waals surface area contributed by atoms with Gasteiger partial charge in [0.15, 0.2) is 5.82 Å². The highest BCUT2D eigenvalue weighted by Gasteiger charge is 2.14.